The summed E-state index contributed by atoms with van der Waals surface area (Å²) in [5.74, 6) is -2.25. The number of benzene rings is 2. The summed E-state index contributed by atoms with van der Waals surface area (Å²) in [6, 6.07) is 15.2. The van der Waals surface area contributed by atoms with Crippen LogP contribution in [0.2, 0.25) is 5.02 Å². The smallest absolute Gasteiger partial charge is 0.237 e. The van der Waals surface area contributed by atoms with Crippen molar-refractivity contribution in [3.05, 3.63) is 75.8 Å². The van der Waals surface area contributed by atoms with E-state index in [2.05, 4.69) is 5.32 Å². The number of allylic oxidation sites excluding steroid dienone is 1. The van der Waals surface area contributed by atoms with E-state index in [0.717, 1.165) is 28.0 Å². The standard InChI is InChI=1S/C19H15ClN2O2/c20-12-7-5-10(6-8-12)15-14-9-11-3-1-2-4-13(11)17(14)22-19(24)16(15)18(21)23/h1-8,15-16H,9H2,(H2,21,23)(H,22,24). The maximum Gasteiger partial charge on any atom is 0.237 e. The number of fused-ring (bicyclic) bond motifs is 2. The van der Waals surface area contributed by atoms with Crippen molar-refractivity contribution in [3.63, 3.8) is 0 Å². The SMILES string of the molecule is NC(=O)C1C(=O)NC2=C(Cc3ccccc32)C1c1ccc(Cl)cc1. The normalized spacial score (nSPS) is 22.0. The van der Waals surface area contributed by atoms with Gasteiger partial charge in [0.05, 0.1) is 0 Å². The first-order valence-electron chi connectivity index (χ1n) is 7.73. The third kappa shape index (κ3) is 2.22. The molecule has 120 valence electrons. The third-order valence-electron chi connectivity index (χ3n) is 4.76. The number of halogens is 1. The van der Waals surface area contributed by atoms with Crippen molar-refractivity contribution >= 4 is 29.1 Å². The Morgan fingerprint density at radius 2 is 1.83 bits per heavy atom. The first kappa shape index (κ1) is 15.0. The van der Waals surface area contributed by atoms with Crippen molar-refractivity contribution in [2.45, 2.75) is 12.3 Å². The van der Waals surface area contributed by atoms with Gasteiger partial charge in [-0.15, -0.1) is 0 Å². The number of hydrogen-bond donors (Lipinski definition) is 2. The molecule has 2 atom stereocenters. The lowest BCUT2D eigenvalue weighted by atomic mass is 9.76. The van der Waals surface area contributed by atoms with E-state index < -0.39 is 11.8 Å². The van der Waals surface area contributed by atoms with Gasteiger partial charge in [-0.3, -0.25) is 9.59 Å². The Kier molecular flexibility index (Phi) is 3.43. The fourth-order valence-corrected chi connectivity index (χ4v) is 3.83. The molecule has 2 aromatic carbocycles. The van der Waals surface area contributed by atoms with Crippen molar-refractivity contribution in [2.75, 3.05) is 0 Å². The zero-order valence-corrected chi connectivity index (χ0v) is 13.5. The Labute approximate surface area is 144 Å². The molecule has 1 heterocycles. The van der Waals surface area contributed by atoms with E-state index in [1.54, 1.807) is 12.1 Å². The molecule has 4 rings (SSSR count). The van der Waals surface area contributed by atoms with E-state index >= 15 is 0 Å². The topological polar surface area (TPSA) is 72.2 Å². The van der Waals surface area contributed by atoms with Crippen molar-refractivity contribution in [3.8, 4) is 0 Å². The second-order valence-electron chi connectivity index (χ2n) is 6.13. The molecule has 0 radical (unpaired) electrons. The molecular weight excluding hydrogens is 324 g/mol. The van der Waals surface area contributed by atoms with E-state index in [-0.39, 0.29) is 11.8 Å². The van der Waals surface area contributed by atoms with Crippen LogP contribution in [-0.4, -0.2) is 11.8 Å². The Balaban J connectivity index is 1.89. The van der Waals surface area contributed by atoms with Gasteiger partial charge in [0, 0.05) is 22.2 Å². The summed E-state index contributed by atoms with van der Waals surface area (Å²) in [4.78, 5) is 24.6. The van der Waals surface area contributed by atoms with Crippen molar-refractivity contribution in [1.82, 2.24) is 5.32 Å². The first-order chi connectivity index (χ1) is 11.6. The molecule has 0 aromatic heterocycles. The third-order valence-corrected chi connectivity index (χ3v) is 5.02. The van der Waals surface area contributed by atoms with Crippen LogP contribution in [-0.2, 0) is 16.0 Å². The number of nitrogens with one attached hydrogen (secondary N) is 1. The van der Waals surface area contributed by atoms with E-state index in [9.17, 15) is 9.59 Å². The van der Waals surface area contributed by atoms with Crippen molar-refractivity contribution in [1.29, 1.82) is 0 Å². The van der Waals surface area contributed by atoms with Gasteiger partial charge in [0.1, 0.15) is 5.92 Å². The Morgan fingerprint density at radius 3 is 2.54 bits per heavy atom. The molecule has 0 spiro atoms. The Bertz CT molecular complexity index is 886. The molecule has 0 fully saturated rings. The molecule has 2 aromatic rings. The van der Waals surface area contributed by atoms with Gasteiger partial charge in [0.25, 0.3) is 0 Å². The molecule has 2 amide bonds. The van der Waals surface area contributed by atoms with Crippen molar-refractivity contribution in [2.24, 2.45) is 11.7 Å². The van der Waals surface area contributed by atoms with Gasteiger partial charge in [-0.1, -0.05) is 48.0 Å². The average Bonchev–Trinajstić information content (AvgIpc) is 2.92. The minimum Gasteiger partial charge on any atom is -0.369 e. The minimum atomic E-state index is -0.917. The number of rotatable bonds is 2. The summed E-state index contributed by atoms with van der Waals surface area (Å²) in [6.45, 7) is 0. The molecule has 5 heteroatoms. The maximum absolute atomic E-state index is 12.6. The highest BCUT2D eigenvalue weighted by atomic mass is 35.5. The fourth-order valence-electron chi connectivity index (χ4n) is 3.71. The van der Waals surface area contributed by atoms with Crippen LogP contribution in [0.5, 0.6) is 0 Å². The van der Waals surface area contributed by atoms with E-state index in [4.69, 9.17) is 17.3 Å². The zero-order valence-electron chi connectivity index (χ0n) is 12.8. The van der Waals surface area contributed by atoms with Crippen LogP contribution in [0.15, 0.2) is 54.1 Å². The summed E-state index contributed by atoms with van der Waals surface area (Å²) in [5.41, 5.74) is 10.4. The predicted octanol–water partition coefficient (Wildman–Crippen LogP) is 2.62. The number of amides is 2. The van der Waals surface area contributed by atoms with Gasteiger partial charge in [0.2, 0.25) is 11.8 Å². The number of primary amides is 1. The van der Waals surface area contributed by atoms with E-state index in [1.807, 2.05) is 36.4 Å². The fraction of sp³-hybridized carbons (Fsp3) is 0.158. The first-order valence-corrected chi connectivity index (χ1v) is 8.11. The van der Waals surface area contributed by atoms with Crippen LogP contribution in [0.3, 0.4) is 0 Å². The van der Waals surface area contributed by atoms with Crippen molar-refractivity contribution < 1.29 is 9.59 Å². The lowest BCUT2D eigenvalue weighted by Crippen LogP contribution is -2.45. The minimum absolute atomic E-state index is 0.349. The molecule has 2 aliphatic rings. The number of hydrogen-bond acceptors (Lipinski definition) is 2. The number of nitrogens with two attached hydrogens (primary N) is 1. The Hall–Kier alpha value is -2.59. The van der Waals surface area contributed by atoms with E-state index in [0.29, 0.717) is 11.4 Å². The van der Waals surface area contributed by atoms with Crippen LogP contribution in [0.1, 0.15) is 22.6 Å². The summed E-state index contributed by atoms with van der Waals surface area (Å²) >= 11 is 5.98. The number of carbonyl (C=O) groups excluding carboxylic acids is 2. The monoisotopic (exact) mass is 338 g/mol. The molecule has 0 bridgehead atoms. The summed E-state index contributed by atoms with van der Waals surface area (Å²) in [6.07, 6.45) is 0.697. The van der Waals surface area contributed by atoms with Gasteiger partial charge in [-0.25, -0.2) is 0 Å². The largest absolute Gasteiger partial charge is 0.369 e. The molecule has 1 aliphatic carbocycles. The van der Waals surface area contributed by atoms with Gasteiger partial charge < -0.3 is 11.1 Å². The zero-order chi connectivity index (χ0) is 16.8. The van der Waals surface area contributed by atoms with E-state index in [1.165, 1.54) is 0 Å². The van der Waals surface area contributed by atoms with Crippen LogP contribution >= 0.6 is 11.6 Å². The second kappa shape index (κ2) is 5.49. The summed E-state index contributed by atoms with van der Waals surface area (Å²) < 4.78 is 0. The van der Waals surface area contributed by atoms with Gasteiger partial charge in [-0.2, -0.15) is 0 Å². The quantitative estimate of drug-likeness (QED) is 0.826. The van der Waals surface area contributed by atoms with Gasteiger partial charge >= 0.3 is 0 Å². The van der Waals surface area contributed by atoms with Gasteiger partial charge in [0.15, 0.2) is 0 Å². The Morgan fingerprint density at radius 1 is 1.12 bits per heavy atom. The molecule has 3 N–H and O–H groups in total. The average molecular weight is 339 g/mol. The lowest BCUT2D eigenvalue weighted by molar-refractivity contribution is -0.133. The summed E-state index contributed by atoms with van der Waals surface area (Å²) in [5, 5.41) is 3.50. The van der Waals surface area contributed by atoms with Crippen LogP contribution in [0.25, 0.3) is 5.70 Å². The molecule has 0 saturated heterocycles. The predicted molar refractivity (Wildman–Crippen MR) is 92.1 cm³/mol. The second-order valence-corrected chi connectivity index (χ2v) is 6.57. The molecule has 0 saturated carbocycles. The molecular formula is C19H15ClN2O2. The molecule has 2 unspecified atom stereocenters. The highest BCUT2D eigenvalue weighted by molar-refractivity contribution is 6.30. The molecule has 1 aliphatic heterocycles. The lowest BCUT2D eigenvalue weighted by Gasteiger charge is -2.31. The molecule has 4 nitrogen and oxygen atoms in total. The van der Waals surface area contributed by atoms with Crippen LogP contribution in [0.4, 0.5) is 0 Å². The van der Waals surface area contributed by atoms with Gasteiger partial charge in [-0.05, 0) is 35.3 Å². The van der Waals surface area contributed by atoms with Crippen LogP contribution in [0, 0.1) is 5.92 Å². The molecule has 24 heavy (non-hydrogen) atoms. The van der Waals surface area contributed by atoms with Crippen LogP contribution < -0.4 is 11.1 Å². The maximum atomic E-state index is 12.6. The highest BCUT2D eigenvalue weighted by Crippen LogP contribution is 2.45. The summed E-state index contributed by atoms with van der Waals surface area (Å²) in [7, 11) is 0. The highest BCUT2D eigenvalue weighted by Gasteiger charge is 2.44. The number of carbonyl (C=O) groups is 2.